The summed E-state index contributed by atoms with van der Waals surface area (Å²) in [5.41, 5.74) is 5.62. The molecule has 0 saturated heterocycles. The zero-order valence-electron chi connectivity index (χ0n) is 32.9. The lowest BCUT2D eigenvalue weighted by atomic mass is 9.90. The number of hydrogen-bond acceptors (Lipinski definition) is 8. The standard InChI is InChI=1S/C47H51N3O8S/c51-41-29-40(26-34-11-7-8-12-34)46(53)50-44(27-36-15-20-39(21-16-36)38-13-5-2-6-14-38)47(54)49-43(24-19-33-9-3-1-4-10-33)45(52)28-37(30-48-32-59(55,56)57)25-35-17-22-42(23-18-35)58-31-41/h1-11,13-18,20-23,37,40,43-44,48H,12,19,24-32H2,(H,49,54)(H,50,53)(H,55,56,57)/t37-,40?,43+,44-/m1/s1. The van der Waals surface area contributed by atoms with Crippen molar-refractivity contribution in [1.82, 2.24) is 16.0 Å². The summed E-state index contributed by atoms with van der Waals surface area (Å²) in [4.78, 5) is 56.6. The molecule has 1 unspecified atom stereocenters. The molecule has 2 bridgehead atoms. The predicted molar refractivity (Wildman–Crippen MR) is 227 cm³/mol. The molecule has 308 valence electrons. The van der Waals surface area contributed by atoms with Crippen LogP contribution in [0.15, 0.2) is 133 Å². The Hall–Kier alpha value is -5.69. The number of rotatable bonds is 12. The van der Waals surface area contributed by atoms with Crippen molar-refractivity contribution < 1.29 is 36.9 Å². The summed E-state index contributed by atoms with van der Waals surface area (Å²) in [6.45, 7) is -0.166. The molecule has 1 aliphatic carbocycles. The normalized spacial score (nSPS) is 20.8. The fourth-order valence-electron chi connectivity index (χ4n) is 7.55. The van der Waals surface area contributed by atoms with E-state index >= 15 is 0 Å². The van der Waals surface area contributed by atoms with Gasteiger partial charge in [-0.1, -0.05) is 121 Å². The van der Waals surface area contributed by atoms with Gasteiger partial charge < -0.3 is 20.7 Å². The molecule has 2 heterocycles. The van der Waals surface area contributed by atoms with Gasteiger partial charge in [-0.3, -0.25) is 23.7 Å². The Bertz CT molecular complexity index is 2220. The van der Waals surface area contributed by atoms with Gasteiger partial charge in [0.1, 0.15) is 24.3 Å². The highest BCUT2D eigenvalue weighted by Crippen LogP contribution is 2.25. The summed E-state index contributed by atoms with van der Waals surface area (Å²) in [7, 11) is -4.32. The second-order valence-electron chi connectivity index (χ2n) is 15.4. The Kier molecular flexibility index (Phi) is 15.1. The highest BCUT2D eigenvalue weighted by molar-refractivity contribution is 7.85. The minimum absolute atomic E-state index is 0.0197. The van der Waals surface area contributed by atoms with Gasteiger partial charge in [0.15, 0.2) is 11.6 Å². The zero-order valence-corrected chi connectivity index (χ0v) is 33.7. The van der Waals surface area contributed by atoms with Crippen LogP contribution in [-0.2, 0) is 48.6 Å². The van der Waals surface area contributed by atoms with Gasteiger partial charge in [0.25, 0.3) is 10.1 Å². The van der Waals surface area contributed by atoms with E-state index in [0.717, 1.165) is 33.4 Å². The molecule has 3 aliphatic rings. The molecule has 11 nitrogen and oxygen atoms in total. The maximum atomic E-state index is 14.5. The van der Waals surface area contributed by atoms with E-state index in [1.807, 2.05) is 115 Å². The fourth-order valence-corrected chi connectivity index (χ4v) is 7.92. The van der Waals surface area contributed by atoms with E-state index in [-0.39, 0.29) is 50.4 Å². The lowest BCUT2D eigenvalue weighted by Gasteiger charge is -2.26. The van der Waals surface area contributed by atoms with Crippen molar-refractivity contribution in [3.63, 3.8) is 0 Å². The minimum Gasteiger partial charge on any atom is -0.486 e. The van der Waals surface area contributed by atoms with Gasteiger partial charge >= 0.3 is 0 Å². The Labute approximate surface area is 346 Å². The summed E-state index contributed by atoms with van der Waals surface area (Å²) in [5, 5.41) is 8.74. The highest BCUT2D eigenvalue weighted by Gasteiger charge is 2.32. The summed E-state index contributed by atoms with van der Waals surface area (Å²) in [6.07, 6.45) is 7.96. The average Bonchev–Trinajstić information content (AvgIpc) is 3.75. The number of carbonyl (C=O) groups excluding carboxylic acids is 4. The van der Waals surface area contributed by atoms with Gasteiger partial charge in [0.05, 0.1) is 6.04 Å². The first-order valence-corrected chi connectivity index (χ1v) is 21.6. The van der Waals surface area contributed by atoms with Crippen molar-refractivity contribution in [2.24, 2.45) is 11.8 Å². The molecule has 4 N–H and O–H groups in total. The molecule has 0 radical (unpaired) electrons. The van der Waals surface area contributed by atoms with Crippen LogP contribution < -0.4 is 20.7 Å². The first kappa shape index (κ1) is 42.9. The van der Waals surface area contributed by atoms with Crippen LogP contribution in [0, 0.1) is 11.8 Å². The molecule has 0 fully saturated rings. The Morgan fingerprint density at radius 1 is 0.712 bits per heavy atom. The molecule has 7 rings (SSSR count). The van der Waals surface area contributed by atoms with Gasteiger partial charge in [-0.2, -0.15) is 8.42 Å². The molecule has 0 saturated carbocycles. The minimum atomic E-state index is -4.32. The second-order valence-corrected chi connectivity index (χ2v) is 16.8. The third kappa shape index (κ3) is 13.7. The number of amides is 2. The van der Waals surface area contributed by atoms with Crippen molar-refractivity contribution in [3.05, 3.63) is 150 Å². The average molecular weight is 818 g/mol. The summed E-state index contributed by atoms with van der Waals surface area (Å²) in [6, 6.07) is 32.3. The van der Waals surface area contributed by atoms with Gasteiger partial charge in [-0.25, -0.2) is 0 Å². The van der Waals surface area contributed by atoms with E-state index < -0.39 is 51.7 Å². The molecular weight excluding hydrogens is 767 g/mol. The van der Waals surface area contributed by atoms with Crippen LogP contribution in [0.2, 0.25) is 0 Å². The molecule has 0 aromatic heterocycles. The number of nitrogens with one attached hydrogen (secondary N) is 3. The lowest BCUT2D eigenvalue weighted by molar-refractivity contribution is -0.134. The van der Waals surface area contributed by atoms with Crippen molar-refractivity contribution in [2.45, 2.75) is 63.5 Å². The number of ether oxygens (including phenoxy) is 1. The molecule has 4 aromatic rings. The molecule has 0 spiro atoms. The largest absolute Gasteiger partial charge is 0.486 e. The number of carbonyl (C=O) groups is 4. The molecule has 59 heavy (non-hydrogen) atoms. The van der Waals surface area contributed by atoms with E-state index in [1.54, 1.807) is 12.1 Å². The van der Waals surface area contributed by atoms with E-state index in [4.69, 9.17) is 4.74 Å². The Morgan fingerprint density at radius 2 is 1.39 bits per heavy atom. The highest BCUT2D eigenvalue weighted by atomic mass is 32.2. The van der Waals surface area contributed by atoms with Crippen LogP contribution in [0.5, 0.6) is 5.75 Å². The van der Waals surface area contributed by atoms with Crippen LogP contribution >= 0.6 is 0 Å². The van der Waals surface area contributed by atoms with Gasteiger partial charge in [0, 0.05) is 25.2 Å². The first-order chi connectivity index (χ1) is 28.5. The summed E-state index contributed by atoms with van der Waals surface area (Å²) in [5.74, 6) is -2.95. The lowest BCUT2D eigenvalue weighted by Crippen LogP contribution is -2.54. The van der Waals surface area contributed by atoms with Crippen LogP contribution in [0.4, 0.5) is 0 Å². The van der Waals surface area contributed by atoms with Crippen molar-refractivity contribution in [3.8, 4) is 16.9 Å². The Morgan fingerprint density at radius 3 is 2.07 bits per heavy atom. The summed E-state index contributed by atoms with van der Waals surface area (Å²) >= 11 is 0. The topological polar surface area (TPSA) is 168 Å². The quantitative estimate of drug-likeness (QED) is 0.126. The zero-order chi connectivity index (χ0) is 41.6. The third-order valence-corrected chi connectivity index (χ3v) is 11.2. The predicted octanol–water partition coefficient (Wildman–Crippen LogP) is 6.00. The second kappa shape index (κ2) is 20.8. The number of fused-ring (bicyclic) bond motifs is 16. The van der Waals surface area contributed by atoms with E-state index in [1.165, 1.54) is 0 Å². The number of ketones is 2. The summed E-state index contributed by atoms with van der Waals surface area (Å²) < 4.78 is 38.3. The molecule has 4 aromatic carbocycles. The van der Waals surface area contributed by atoms with Crippen molar-refractivity contribution in [2.75, 3.05) is 19.0 Å². The molecule has 4 atom stereocenters. The number of allylic oxidation sites excluding steroid dienone is 4. The van der Waals surface area contributed by atoms with Crippen LogP contribution in [0.25, 0.3) is 11.1 Å². The third-order valence-electron chi connectivity index (χ3n) is 10.7. The fraction of sp³-hybridized carbons (Fsp3) is 0.319. The van der Waals surface area contributed by atoms with Gasteiger partial charge in [-0.05, 0) is 84.5 Å². The van der Waals surface area contributed by atoms with Gasteiger partial charge in [-0.15, -0.1) is 0 Å². The van der Waals surface area contributed by atoms with E-state index in [9.17, 15) is 32.1 Å². The van der Waals surface area contributed by atoms with E-state index in [2.05, 4.69) is 16.0 Å². The van der Waals surface area contributed by atoms with E-state index in [0.29, 0.717) is 31.4 Å². The monoisotopic (exact) mass is 817 g/mol. The van der Waals surface area contributed by atoms with Crippen LogP contribution in [0.1, 0.15) is 48.8 Å². The van der Waals surface area contributed by atoms with Crippen LogP contribution in [-0.4, -0.2) is 67.5 Å². The van der Waals surface area contributed by atoms with Crippen molar-refractivity contribution >= 4 is 33.5 Å². The molecule has 12 heteroatoms. The first-order valence-electron chi connectivity index (χ1n) is 20.0. The Balaban J connectivity index is 1.32. The smallest absolute Gasteiger partial charge is 0.278 e. The number of hydrogen-bond donors (Lipinski definition) is 4. The molecule has 2 amide bonds. The molecular formula is C47H51N3O8S. The van der Waals surface area contributed by atoms with Crippen LogP contribution in [0.3, 0.4) is 0 Å². The number of Topliss-reactive ketones (excluding diaryl/α,β-unsaturated/α-hetero) is 2. The maximum absolute atomic E-state index is 14.5. The molecule has 2 aliphatic heterocycles. The maximum Gasteiger partial charge on any atom is 0.278 e. The SMILES string of the molecule is O=C1COc2ccc(cc2)C[C@@H](CNCS(=O)(=O)O)CC(=O)[C@H](CCc2ccccc2)NC(=O)[C@@H](Cc2ccc(-c3ccccc3)cc2)NC(=O)C(CC2=CC=CC2)C1. The van der Waals surface area contributed by atoms with Gasteiger partial charge in [0.2, 0.25) is 11.8 Å². The van der Waals surface area contributed by atoms with Crippen molar-refractivity contribution in [1.29, 1.82) is 0 Å². The number of aryl methyl sites for hydroxylation is 1. The number of benzene rings is 4.